The number of hydrogen-bond acceptors (Lipinski definition) is 7. The van der Waals surface area contributed by atoms with Gasteiger partial charge in [0.15, 0.2) is 5.16 Å². The van der Waals surface area contributed by atoms with Crippen molar-refractivity contribution >= 4 is 39.1 Å². The molecule has 1 aliphatic rings. The molecule has 25 heavy (non-hydrogen) atoms. The molecule has 2 aromatic rings. The predicted octanol–water partition coefficient (Wildman–Crippen LogP) is 4.23. The lowest BCUT2D eigenvalue weighted by Crippen LogP contribution is -2.31. The van der Waals surface area contributed by atoms with Crippen LogP contribution in [0.3, 0.4) is 0 Å². The van der Waals surface area contributed by atoms with Gasteiger partial charge in [-0.05, 0) is 32.3 Å². The van der Waals surface area contributed by atoms with Crippen LogP contribution in [0.5, 0.6) is 0 Å². The fraction of sp³-hybridized carbons (Fsp3) is 0.667. The molecular weight excluding hydrogens is 354 g/mol. The van der Waals surface area contributed by atoms with Gasteiger partial charge in [0.2, 0.25) is 0 Å². The molecule has 7 heteroatoms. The molecule has 0 bridgehead atoms. The smallest absolute Gasteiger partial charge is 0.190 e. The average Bonchev–Trinajstić information content (AvgIpc) is 2.94. The molecule has 0 saturated heterocycles. The van der Waals surface area contributed by atoms with Crippen molar-refractivity contribution < 1.29 is 9.84 Å². The molecule has 0 spiro atoms. The summed E-state index contributed by atoms with van der Waals surface area (Å²) in [6.07, 6.45) is 2.80. The minimum absolute atomic E-state index is 0.00512. The molecular formula is C18H27N3O2S2. The molecule has 1 atom stereocenters. The van der Waals surface area contributed by atoms with Crippen molar-refractivity contribution in [2.24, 2.45) is 0 Å². The van der Waals surface area contributed by atoms with Crippen LogP contribution in [-0.2, 0) is 17.8 Å². The second-order valence-corrected chi connectivity index (χ2v) is 9.19. The number of fused-ring (bicyclic) bond motifs is 3. The molecule has 1 aliphatic heterocycles. The van der Waals surface area contributed by atoms with Gasteiger partial charge in [-0.25, -0.2) is 9.97 Å². The summed E-state index contributed by atoms with van der Waals surface area (Å²) in [4.78, 5) is 11.9. The Morgan fingerprint density at radius 3 is 2.84 bits per heavy atom. The number of nitrogens with one attached hydrogen (secondary N) is 1. The summed E-state index contributed by atoms with van der Waals surface area (Å²) in [6, 6.07) is 0.00512. The second kappa shape index (κ2) is 7.78. The Kier molecular flexibility index (Phi) is 5.88. The molecule has 2 aromatic heterocycles. The maximum Gasteiger partial charge on any atom is 0.190 e. The van der Waals surface area contributed by atoms with Crippen molar-refractivity contribution in [3.8, 4) is 0 Å². The lowest BCUT2D eigenvalue weighted by molar-refractivity contribution is -0.0379. The average molecular weight is 382 g/mol. The van der Waals surface area contributed by atoms with Gasteiger partial charge in [-0.3, -0.25) is 0 Å². The first kappa shape index (κ1) is 18.9. The van der Waals surface area contributed by atoms with Gasteiger partial charge in [0.1, 0.15) is 10.6 Å². The van der Waals surface area contributed by atoms with Crippen LogP contribution in [0.2, 0.25) is 0 Å². The second-order valence-electron chi connectivity index (χ2n) is 7.04. The van der Waals surface area contributed by atoms with Crippen LogP contribution < -0.4 is 5.32 Å². The Bertz CT molecular complexity index is 741. The number of aliphatic hydroxyl groups is 1. The molecule has 0 aromatic carbocycles. The largest absolute Gasteiger partial charge is 0.394 e. The highest BCUT2D eigenvalue weighted by molar-refractivity contribution is 7.99. The molecule has 0 fully saturated rings. The predicted molar refractivity (Wildman–Crippen MR) is 106 cm³/mol. The third-order valence-electron chi connectivity index (χ3n) is 4.40. The van der Waals surface area contributed by atoms with E-state index in [0.29, 0.717) is 6.61 Å². The molecule has 0 radical (unpaired) electrons. The number of aromatic nitrogens is 2. The van der Waals surface area contributed by atoms with Crippen molar-refractivity contribution in [1.29, 1.82) is 0 Å². The van der Waals surface area contributed by atoms with Crippen LogP contribution >= 0.6 is 23.1 Å². The Morgan fingerprint density at radius 1 is 1.36 bits per heavy atom. The normalized spacial score (nSPS) is 17.5. The summed E-state index contributed by atoms with van der Waals surface area (Å²) >= 11 is 3.40. The lowest BCUT2D eigenvalue weighted by Gasteiger charge is -2.30. The van der Waals surface area contributed by atoms with E-state index in [9.17, 15) is 5.11 Å². The van der Waals surface area contributed by atoms with Crippen molar-refractivity contribution in [2.75, 3.05) is 17.7 Å². The third kappa shape index (κ3) is 4.10. The summed E-state index contributed by atoms with van der Waals surface area (Å²) in [6.45, 7) is 9.21. The van der Waals surface area contributed by atoms with E-state index in [-0.39, 0.29) is 18.2 Å². The fourth-order valence-corrected chi connectivity index (χ4v) is 4.82. The van der Waals surface area contributed by atoms with Crippen LogP contribution in [0.15, 0.2) is 5.16 Å². The molecule has 138 valence electrons. The molecule has 0 aliphatic carbocycles. The van der Waals surface area contributed by atoms with E-state index < -0.39 is 0 Å². The van der Waals surface area contributed by atoms with Crippen LogP contribution in [0.4, 0.5) is 5.82 Å². The van der Waals surface area contributed by atoms with Gasteiger partial charge in [-0.15, -0.1) is 11.3 Å². The quantitative estimate of drug-likeness (QED) is 0.553. The Morgan fingerprint density at radius 2 is 2.16 bits per heavy atom. The van der Waals surface area contributed by atoms with Gasteiger partial charge >= 0.3 is 0 Å². The zero-order chi connectivity index (χ0) is 18.0. The van der Waals surface area contributed by atoms with Gasteiger partial charge in [0, 0.05) is 17.1 Å². The van der Waals surface area contributed by atoms with E-state index in [1.807, 2.05) is 0 Å². The molecule has 5 nitrogen and oxygen atoms in total. The van der Waals surface area contributed by atoms with Gasteiger partial charge in [0.05, 0.1) is 30.2 Å². The van der Waals surface area contributed by atoms with Crippen molar-refractivity contribution in [3.05, 3.63) is 10.4 Å². The van der Waals surface area contributed by atoms with Crippen LogP contribution in [-0.4, -0.2) is 39.1 Å². The number of thioether (sulfide) groups is 1. The molecule has 0 unspecified atom stereocenters. The highest BCUT2D eigenvalue weighted by Gasteiger charge is 2.31. The summed E-state index contributed by atoms with van der Waals surface area (Å²) in [5, 5.41) is 15.0. The topological polar surface area (TPSA) is 67.3 Å². The first-order chi connectivity index (χ1) is 12.0. The number of thiophene rings is 1. The minimum Gasteiger partial charge on any atom is -0.394 e. The summed E-state index contributed by atoms with van der Waals surface area (Å²) in [5.41, 5.74) is 1.13. The molecule has 3 heterocycles. The maximum atomic E-state index is 9.61. The molecule has 0 saturated carbocycles. The number of ether oxygens (including phenoxy) is 1. The molecule has 3 rings (SSSR count). The van der Waals surface area contributed by atoms with Gasteiger partial charge < -0.3 is 15.2 Å². The van der Waals surface area contributed by atoms with Crippen LogP contribution in [0.25, 0.3) is 10.2 Å². The first-order valence-corrected chi connectivity index (χ1v) is 10.7. The number of aliphatic hydroxyl groups excluding tert-OH is 1. The lowest BCUT2D eigenvalue weighted by atomic mass is 9.94. The highest BCUT2D eigenvalue weighted by atomic mass is 32.2. The Labute approximate surface area is 157 Å². The number of hydrogen-bond donors (Lipinski definition) is 2. The number of nitrogens with zero attached hydrogens (tertiary/aromatic N) is 2. The van der Waals surface area contributed by atoms with Crippen molar-refractivity contribution in [2.45, 2.75) is 70.4 Å². The van der Waals surface area contributed by atoms with E-state index >= 15 is 0 Å². The third-order valence-corrected chi connectivity index (χ3v) is 6.55. The summed E-state index contributed by atoms with van der Waals surface area (Å²) in [7, 11) is 0. The van der Waals surface area contributed by atoms with Crippen molar-refractivity contribution in [3.63, 3.8) is 0 Å². The van der Waals surface area contributed by atoms with E-state index in [4.69, 9.17) is 14.7 Å². The Hall–Kier alpha value is -0.890. The molecule has 0 amide bonds. The standard InChI is InChI=1S/C18H27N3O2S2/c1-5-7-24-17-20-15(19-11(6-2)9-22)14-12-8-18(3,4)23-10-13(12)25-16(14)21-17/h11,22H,5-10H2,1-4H3,(H,19,20,21)/t11-/m1/s1. The van der Waals surface area contributed by atoms with Gasteiger partial charge in [-0.2, -0.15) is 0 Å². The van der Waals surface area contributed by atoms with Gasteiger partial charge in [-0.1, -0.05) is 25.6 Å². The van der Waals surface area contributed by atoms with Crippen LogP contribution in [0.1, 0.15) is 51.0 Å². The van der Waals surface area contributed by atoms with Gasteiger partial charge in [0.25, 0.3) is 0 Å². The summed E-state index contributed by atoms with van der Waals surface area (Å²) < 4.78 is 5.98. The fourth-order valence-electron chi connectivity index (χ4n) is 2.96. The SMILES string of the molecule is CCCSc1nc(N[C@H](CC)CO)c2c3c(sc2n1)COC(C)(C)C3. The summed E-state index contributed by atoms with van der Waals surface area (Å²) in [5.74, 6) is 1.86. The number of rotatable bonds is 7. The molecule has 2 N–H and O–H groups in total. The van der Waals surface area contributed by atoms with E-state index in [1.165, 1.54) is 10.4 Å². The Balaban J connectivity index is 2.09. The first-order valence-electron chi connectivity index (χ1n) is 8.93. The highest BCUT2D eigenvalue weighted by Crippen LogP contribution is 2.41. The zero-order valence-electron chi connectivity index (χ0n) is 15.4. The van der Waals surface area contributed by atoms with E-state index in [0.717, 1.165) is 46.2 Å². The van der Waals surface area contributed by atoms with Crippen LogP contribution in [0, 0.1) is 0 Å². The zero-order valence-corrected chi connectivity index (χ0v) is 17.0. The van der Waals surface area contributed by atoms with Crippen molar-refractivity contribution in [1.82, 2.24) is 9.97 Å². The number of anilines is 1. The van der Waals surface area contributed by atoms with E-state index in [1.54, 1.807) is 23.1 Å². The van der Waals surface area contributed by atoms with E-state index in [2.05, 4.69) is 33.0 Å². The monoisotopic (exact) mass is 381 g/mol. The minimum atomic E-state index is -0.172. The maximum absolute atomic E-state index is 9.61.